The molecule has 106 valence electrons. The van der Waals surface area contributed by atoms with Crippen LogP contribution in [0.5, 0.6) is 0 Å². The maximum Gasteiger partial charge on any atom is 0.262 e. The molecule has 0 unspecified atom stereocenters. The van der Waals surface area contributed by atoms with Gasteiger partial charge in [-0.3, -0.25) is 4.72 Å². The molecule has 20 heavy (non-hydrogen) atoms. The third-order valence-electron chi connectivity index (χ3n) is 2.65. The Morgan fingerprint density at radius 3 is 2.45 bits per heavy atom. The van der Waals surface area contributed by atoms with Gasteiger partial charge < -0.3 is 0 Å². The van der Waals surface area contributed by atoms with Crippen molar-refractivity contribution in [3.05, 3.63) is 58.1 Å². The minimum Gasteiger partial charge on any atom is -0.279 e. The van der Waals surface area contributed by atoms with E-state index >= 15 is 0 Å². The van der Waals surface area contributed by atoms with Gasteiger partial charge in [0.1, 0.15) is 11.6 Å². The summed E-state index contributed by atoms with van der Waals surface area (Å²) >= 11 is 2.94. The fourth-order valence-corrected chi connectivity index (χ4v) is 2.93. The van der Waals surface area contributed by atoms with E-state index in [2.05, 4.69) is 20.7 Å². The van der Waals surface area contributed by atoms with Crippen molar-refractivity contribution < 1.29 is 17.2 Å². The van der Waals surface area contributed by atoms with Crippen molar-refractivity contribution in [1.82, 2.24) is 0 Å². The molecule has 3 nitrogen and oxygen atoms in total. The minimum atomic E-state index is -3.97. The first kappa shape index (κ1) is 14.9. The van der Waals surface area contributed by atoms with Gasteiger partial charge in [0.25, 0.3) is 10.0 Å². The first-order valence-corrected chi connectivity index (χ1v) is 7.81. The number of sulfonamides is 1. The van der Waals surface area contributed by atoms with E-state index in [1.807, 2.05) is 0 Å². The second-order valence-electron chi connectivity index (χ2n) is 4.14. The number of rotatable bonds is 3. The van der Waals surface area contributed by atoms with Crippen LogP contribution in [-0.2, 0) is 10.0 Å². The van der Waals surface area contributed by atoms with Crippen LogP contribution in [0.4, 0.5) is 14.5 Å². The van der Waals surface area contributed by atoms with Gasteiger partial charge in [0.2, 0.25) is 0 Å². The van der Waals surface area contributed by atoms with Crippen molar-refractivity contribution >= 4 is 31.6 Å². The van der Waals surface area contributed by atoms with Crippen LogP contribution >= 0.6 is 15.9 Å². The van der Waals surface area contributed by atoms with Crippen LogP contribution in [0.15, 0.2) is 45.8 Å². The maximum absolute atomic E-state index is 13.4. The SMILES string of the molecule is Cc1ccc(F)cc1NS(=O)(=O)c1ccc(Br)c(F)c1. The van der Waals surface area contributed by atoms with E-state index in [0.717, 1.165) is 12.1 Å². The molecule has 0 fully saturated rings. The first-order chi connectivity index (χ1) is 9.29. The average Bonchev–Trinajstić information content (AvgIpc) is 2.36. The Hall–Kier alpha value is -1.47. The van der Waals surface area contributed by atoms with Crippen LogP contribution in [0.25, 0.3) is 0 Å². The summed E-state index contributed by atoms with van der Waals surface area (Å²) in [6, 6.07) is 7.19. The Labute approximate surface area is 123 Å². The van der Waals surface area contributed by atoms with Crippen LogP contribution in [0, 0.1) is 18.6 Å². The smallest absolute Gasteiger partial charge is 0.262 e. The first-order valence-electron chi connectivity index (χ1n) is 5.53. The van der Waals surface area contributed by atoms with Crippen LogP contribution in [0.2, 0.25) is 0 Å². The van der Waals surface area contributed by atoms with Gasteiger partial charge in [-0.2, -0.15) is 0 Å². The van der Waals surface area contributed by atoms with Crippen LogP contribution in [0.3, 0.4) is 0 Å². The third kappa shape index (κ3) is 3.16. The molecule has 0 spiro atoms. The molecule has 0 radical (unpaired) electrons. The molecule has 7 heteroatoms. The molecule has 0 heterocycles. The summed E-state index contributed by atoms with van der Waals surface area (Å²) in [5.74, 6) is -1.25. The predicted molar refractivity (Wildman–Crippen MR) is 76.0 cm³/mol. The second kappa shape index (κ2) is 5.49. The predicted octanol–water partition coefficient (Wildman–Crippen LogP) is 3.84. The van der Waals surface area contributed by atoms with Gasteiger partial charge in [-0.05, 0) is 58.7 Å². The number of aryl methyl sites for hydroxylation is 1. The molecular formula is C13H10BrF2NO2S. The zero-order valence-corrected chi connectivity index (χ0v) is 12.7. The van der Waals surface area contributed by atoms with Gasteiger partial charge in [0.05, 0.1) is 15.1 Å². The standard InChI is InChI=1S/C13H10BrF2NO2S/c1-8-2-3-9(15)6-13(8)17-20(18,19)10-4-5-11(14)12(16)7-10/h2-7,17H,1H3. The van der Waals surface area contributed by atoms with Gasteiger partial charge >= 0.3 is 0 Å². The van der Waals surface area contributed by atoms with Gasteiger partial charge in [-0.25, -0.2) is 17.2 Å². The summed E-state index contributed by atoms with van der Waals surface area (Å²) in [5, 5.41) is 0. The van der Waals surface area contributed by atoms with E-state index in [-0.39, 0.29) is 15.1 Å². The molecule has 0 amide bonds. The molecule has 0 atom stereocenters. The second-order valence-corrected chi connectivity index (χ2v) is 6.68. The minimum absolute atomic E-state index is 0.119. The zero-order valence-electron chi connectivity index (χ0n) is 10.3. The summed E-state index contributed by atoms with van der Waals surface area (Å²) in [6.45, 7) is 1.64. The Kier molecular flexibility index (Phi) is 4.10. The van der Waals surface area contributed by atoms with Crippen molar-refractivity contribution in [3.63, 3.8) is 0 Å². The maximum atomic E-state index is 13.4. The Morgan fingerprint density at radius 1 is 1.10 bits per heavy atom. The summed E-state index contributed by atoms with van der Waals surface area (Å²) in [7, 11) is -3.97. The number of benzene rings is 2. The quantitative estimate of drug-likeness (QED) is 0.902. The largest absolute Gasteiger partial charge is 0.279 e. The van der Waals surface area contributed by atoms with Crippen LogP contribution < -0.4 is 4.72 Å². The summed E-state index contributed by atoms with van der Waals surface area (Å²) in [6.07, 6.45) is 0. The van der Waals surface area contributed by atoms with Crippen molar-refractivity contribution in [2.24, 2.45) is 0 Å². The Bertz CT molecular complexity index is 763. The highest BCUT2D eigenvalue weighted by Gasteiger charge is 2.17. The molecule has 2 rings (SSSR count). The van der Waals surface area contributed by atoms with Crippen molar-refractivity contribution in [3.8, 4) is 0 Å². The fourth-order valence-electron chi connectivity index (χ4n) is 1.55. The number of halogens is 3. The highest BCUT2D eigenvalue weighted by molar-refractivity contribution is 9.10. The van der Waals surface area contributed by atoms with E-state index in [4.69, 9.17) is 0 Å². The topological polar surface area (TPSA) is 46.2 Å². The molecule has 0 aliphatic rings. The van der Waals surface area contributed by atoms with Crippen molar-refractivity contribution in [2.45, 2.75) is 11.8 Å². The molecule has 2 aromatic rings. The zero-order chi connectivity index (χ0) is 14.9. The van der Waals surface area contributed by atoms with Crippen LogP contribution in [-0.4, -0.2) is 8.42 Å². The molecule has 2 aromatic carbocycles. The highest BCUT2D eigenvalue weighted by atomic mass is 79.9. The Morgan fingerprint density at radius 2 is 1.80 bits per heavy atom. The number of anilines is 1. The van der Waals surface area contributed by atoms with Gasteiger partial charge in [0, 0.05) is 0 Å². The normalized spacial score (nSPS) is 11.4. The molecule has 1 N–H and O–H groups in total. The van der Waals surface area contributed by atoms with E-state index in [1.54, 1.807) is 6.92 Å². The van der Waals surface area contributed by atoms with Gasteiger partial charge in [-0.1, -0.05) is 6.07 Å². The van der Waals surface area contributed by atoms with Gasteiger partial charge in [-0.15, -0.1) is 0 Å². The van der Waals surface area contributed by atoms with E-state index in [1.165, 1.54) is 24.3 Å². The molecule has 0 saturated carbocycles. The molecule has 0 saturated heterocycles. The summed E-state index contributed by atoms with van der Waals surface area (Å²) in [4.78, 5) is -0.234. The number of hydrogen-bond acceptors (Lipinski definition) is 2. The monoisotopic (exact) mass is 361 g/mol. The molecule has 0 bridgehead atoms. The Balaban J connectivity index is 2.40. The van der Waals surface area contributed by atoms with E-state index in [0.29, 0.717) is 5.56 Å². The molecule has 0 aliphatic carbocycles. The number of nitrogens with one attached hydrogen (secondary N) is 1. The van der Waals surface area contributed by atoms with Crippen molar-refractivity contribution in [1.29, 1.82) is 0 Å². The lowest BCUT2D eigenvalue weighted by Gasteiger charge is -2.11. The third-order valence-corrected chi connectivity index (χ3v) is 4.65. The molecule has 0 aliphatic heterocycles. The van der Waals surface area contributed by atoms with Crippen molar-refractivity contribution in [2.75, 3.05) is 4.72 Å². The lowest BCUT2D eigenvalue weighted by Crippen LogP contribution is -2.14. The van der Waals surface area contributed by atoms with Crippen LogP contribution in [0.1, 0.15) is 5.56 Å². The van der Waals surface area contributed by atoms with E-state index in [9.17, 15) is 17.2 Å². The number of hydrogen-bond donors (Lipinski definition) is 1. The fraction of sp³-hybridized carbons (Fsp3) is 0.0769. The lowest BCUT2D eigenvalue weighted by atomic mass is 10.2. The van der Waals surface area contributed by atoms with Gasteiger partial charge in [0.15, 0.2) is 0 Å². The lowest BCUT2D eigenvalue weighted by molar-refractivity contribution is 0.593. The summed E-state index contributed by atoms with van der Waals surface area (Å²) < 4.78 is 53.2. The highest BCUT2D eigenvalue weighted by Crippen LogP contribution is 2.23. The average molecular weight is 362 g/mol. The molecule has 0 aromatic heterocycles. The molecular weight excluding hydrogens is 352 g/mol. The van der Waals surface area contributed by atoms with E-state index < -0.39 is 21.7 Å². The summed E-state index contributed by atoms with van der Waals surface area (Å²) in [5.41, 5.74) is 0.681.